The molecule has 1 aromatic rings. The van der Waals surface area contributed by atoms with Crippen molar-refractivity contribution in [3.8, 4) is 0 Å². The van der Waals surface area contributed by atoms with Crippen molar-refractivity contribution in [2.75, 3.05) is 6.54 Å². The summed E-state index contributed by atoms with van der Waals surface area (Å²) in [5, 5.41) is 6.13. The van der Waals surface area contributed by atoms with Crippen molar-refractivity contribution in [2.24, 2.45) is 0 Å². The Hall–Kier alpha value is -1.42. The number of rotatable bonds is 4. The highest BCUT2D eigenvalue weighted by Crippen LogP contribution is 2.06. The van der Waals surface area contributed by atoms with Gasteiger partial charge in [-0.1, -0.05) is 12.1 Å². The van der Waals surface area contributed by atoms with Crippen LogP contribution in [0.2, 0.25) is 0 Å². The Bertz CT molecular complexity index is 364. The number of nitrogens with one attached hydrogen (secondary N) is 2. The van der Waals surface area contributed by atoms with E-state index in [1.54, 1.807) is 12.1 Å². The van der Waals surface area contributed by atoms with Crippen LogP contribution >= 0.6 is 0 Å². The standard InChI is InChI=1S/C12H15FN2O/c13-10-3-1-9(2-4-10)7-14-8-11-5-6-12(16)15-11/h1-4,11,14H,5-8H2,(H,15,16). The summed E-state index contributed by atoms with van der Waals surface area (Å²) in [6, 6.07) is 6.67. The zero-order chi connectivity index (χ0) is 11.4. The number of hydrogen-bond donors (Lipinski definition) is 2. The number of halogens is 1. The van der Waals surface area contributed by atoms with Gasteiger partial charge in [0, 0.05) is 25.6 Å². The van der Waals surface area contributed by atoms with Gasteiger partial charge < -0.3 is 10.6 Å². The third kappa shape index (κ3) is 3.03. The second-order valence-electron chi connectivity index (χ2n) is 4.06. The molecule has 0 aromatic heterocycles. The summed E-state index contributed by atoms with van der Waals surface area (Å²) in [5.41, 5.74) is 1.05. The van der Waals surface area contributed by atoms with Gasteiger partial charge in [0.15, 0.2) is 0 Å². The summed E-state index contributed by atoms with van der Waals surface area (Å²) in [4.78, 5) is 10.9. The SMILES string of the molecule is O=C1CCC(CNCc2ccc(F)cc2)N1. The molecule has 1 amide bonds. The summed E-state index contributed by atoms with van der Waals surface area (Å²) in [7, 11) is 0. The zero-order valence-electron chi connectivity index (χ0n) is 9.00. The topological polar surface area (TPSA) is 41.1 Å². The van der Waals surface area contributed by atoms with Crippen molar-refractivity contribution in [3.63, 3.8) is 0 Å². The molecular formula is C12H15FN2O. The molecule has 1 atom stereocenters. The summed E-state index contributed by atoms with van der Waals surface area (Å²) < 4.78 is 12.6. The molecule has 3 nitrogen and oxygen atoms in total. The quantitative estimate of drug-likeness (QED) is 0.803. The molecule has 4 heteroatoms. The number of hydrogen-bond acceptors (Lipinski definition) is 2. The van der Waals surface area contributed by atoms with E-state index in [1.165, 1.54) is 12.1 Å². The van der Waals surface area contributed by atoms with Gasteiger partial charge in [0.1, 0.15) is 5.82 Å². The van der Waals surface area contributed by atoms with Crippen LogP contribution in [-0.4, -0.2) is 18.5 Å². The first kappa shape index (κ1) is 11.1. The lowest BCUT2D eigenvalue weighted by Crippen LogP contribution is -2.35. The van der Waals surface area contributed by atoms with Crippen molar-refractivity contribution in [3.05, 3.63) is 35.6 Å². The molecule has 0 aliphatic carbocycles. The Morgan fingerprint density at radius 1 is 1.38 bits per heavy atom. The molecule has 0 radical (unpaired) electrons. The van der Waals surface area contributed by atoms with E-state index in [0.29, 0.717) is 13.0 Å². The average molecular weight is 222 g/mol. The van der Waals surface area contributed by atoms with Crippen LogP contribution in [0.1, 0.15) is 18.4 Å². The maximum atomic E-state index is 12.6. The molecule has 16 heavy (non-hydrogen) atoms. The largest absolute Gasteiger partial charge is 0.352 e. The lowest BCUT2D eigenvalue weighted by atomic mass is 10.2. The zero-order valence-corrected chi connectivity index (χ0v) is 9.00. The smallest absolute Gasteiger partial charge is 0.220 e. The van der Waals surface area contributed by atoms with Gasteiger partial charge in [-0.2, -0.15) is 0 Å². The first-order valence-corrected chi connectivity index (χ1v) is 5.48. The van der Waals surface area contributed by atoms with Gasteiger partial charge in [-0.25, -0.2) is 4.39 Å². The number of benzene rings is 1. The minimum absolute atomic E-state index is 0.133. The molecule has 1 aliphatic rings. The number of carbonyl (C=O) groups excluding carboxylic acids is 1. The Morgan fingerprint density at radius 2 is 2.12 bits per heavy atom. The second-order valence-corrected chi connectivity index (χ2v) is 4.06. The normalized spacial score (nSPS) is 19.8. The molecule has 1 heterocycles. The first-order chi connectivity index (χ1) is 7.74. The van der Waals surface area contributed by atoms with Crippen LogP contribution in [0.4, 0.5) is 4.39 Å². The van der Waals surface area contributed by atoms with Gasteiger partial charge >= 0.3 is 0 Å². The summed E-state index contributed by atoms with van der Waals surface area (Å²) >= 11 is 0. The van der Waals surface area contributed by atoms with Crippen molar-refractivity contribution in [1.29, 1.82) is 0 Å². The van der Waals surface area contributed by atoms with Crippen LogP contribution in [0.15, 0.2) is 24.3 Å². The van der Waals surface area contributed by atoms with E-state index in [1.807, 2.05) is 0 Å². The number of carbonyl (C=O) groups is 1. The van der Waals surface area contributed by atoms with Crippen molar-refractivity contribution in [2.45, 2.75) is 25.4 Å². The molecule has 0 bridgehead atoms. The van der Waals surface area contributed by atoms with Crippen LogP contribution in [0, 0.1) is 5.82 Å². The summed E-state index contributed by atoms with van der Waals surface area (Å²) in [6.07, 6.45) is 1.53. The van der Waals surface area contributed by atoms with E-state index in [0.717, 1.165) is 18.5 Å². The van der Waals surface area contributed by atoms with Gasteiger partial charge in [-0.05, 0) is 24.1 Å². The van der Waals surface area contributed by atoms with E-state index >= 15 is 0 Å². The van der Waals surface area contributed by atoms with Gasteiger partial charge in [0.2, 0.25) is 5.91 Å². The molecule has 86 valence electrons. The van der Waals surface area contributed by atoms with Gasteiger partial charge in [-0.15, -0.1) is 0 Å². The highest BCUT2D eigenvalue weighted by molar-refractivity contribution is 5.78. The van der Waals surface area contributed by atoms with Crippen LogP contribution < -0.4 is 10.6 Å². The average Bonchev–Trinajstić information content (AvgIpc) is 2.67. The van der Waals surface area contributed by atoms with Gasteiger partial charge in [-0.3, -0.25) is 4.79 Å². The van der Waals surface area contributed by atoms with E-state index in [4.69, 9.17) is 0 Å². The highest BCUT2D eigenvalue weighted by Gasteiger charge is 2.19. The van der Waals surface area contributed by atoms with Crippen LogP contribution in [0.3, 0.4) is 0 Å². The maximum absolute atomic E-state index is 12.6. The number of amides is 1. The minimum Gasteiger partial charge on any atom is -0.352 e. The summed E-state index contributed by atoms with van der Waals surface area (Å²) in [6.45, 7) is 1.47. The first-order valence-electron chi connectivity index (χ1n) is 5.48. The summed E-state index contributed by atoms with van der Waals surface area (Å²) in [5.74, 6) is -0.0830. The fraction of sp³-hybridized carbons (Fsp3) is 0.417. The van der Waals surface area contributed by atoms with Crippen molar-refractivity contribution in [1.82, 2.24) is 10.6 Å². The Labute approximate surface area is 94.0 Å². The molecule has 1 unspecified atom stereocenters. The van der Waals surface area contributed by atoms with Crippen molar-refractivity contribution >= 4 is 5.91 Å². The molecule has 0 spiro atoms. The molecule has 2 rings (SSSR count). The Kier molecular flexibility index (Phi) is 3.51. The molecule has 1 saturated heterocycles. The molecule has 0 saturated carbocycles. The van der Waals surface area contributed by atoms with Crippen LogP contribution in [-0.2, 0) is 11.3 Å². The maximum Gasteiger partial charge on any atom is 0.220 e. The monoisotopic (exact) mass is 222 g/mol. The molecular weight excluding hydrogens is 207 g/mol. The van der Waals surface area contributed by atoms with Gasteiger partial charge in [0.25, 0.3) is 0 Å². The molecule has 1 fully saturated rings. The fourth-order valence-corrected chi connectivity index (χ4v) is 1.82. The van der Waals surface area contributed by atoms with Crippen LogP contribution in [0.25, 0.3) is 0 Å². The highest BCUT2D eigenvalue weighted by atomic mass is 19.1. The predicted octanol–water partition coefficient (Wildman–Crippen LogP) is 1.19. The van der Waals surface area contributed by atoms with E-state index < -0.39 is 0 Å². The van der Waals surface area contributed by atoms with Crippen molar-refractivity contribution < 1.29 is 9.18 Å². The third-order valence-electron chi connectivity index (χ3n) is 2.72. The molecule has 1 aromatic carbocycles. The predicted molar refractivity (Wildman–Crippen MR) is 59.3 cm³/mol. The lowest BCUT2D eigenvalue weighted by Gasteiger charge is -2.11. The van der Waals surface area contributed by atoms with E-state index in [9.17, 15) is 9.18 Å². The minimum atomic E-state index is -0.216. The second kappa shape index (κ2) is 5.07. The van der Waals surface area contributed by atoms with E-state index in [2.05, 4.69) is 10.6 Å². The third-order valence-corrected chi connectivity index (χ3v) is 2.72. The Balaban J connectivity index is 1.72. The Morgan fingerprint density at radius 3 is 2.75 bits per heavy atom. The van der Waals surface area contributed by atoms with Gasteiger partial charge in [0.05, 0.1) is 0 Å². The van der Waals surface area contributed by atoms with E-state index in [-0.39, 0.29) is 17.8 Å². The molecule has 1 aliphatic heterocycles. The fourth-order valence-electron chi connectivity index (χ4n) is 1.82. The lowest BCUT2D eigenvalue weighted by molar-refractivity contribution is -0.119. The molecule has 2 N–H and O–H groups in total. The van der Waals surface area contributed by atoms with Crippen LogP contribution in [0.5, 0.6) is 0 Å².